The Bertz CT molecular complexity index is 809. The molecule has 0 aromatic heterocycles. The second kappa shape index (κ2) is 6.61. The predicted octanol–water partition coefficient (Wildman–Crippen LogP) is 2.63. The van der Waals surface area contributed by atoms with Crippen molar-refractivity contribution in [2.75, 3.05) is 26.2 Å². The fourth-order valence-corrected chi connectivity index (χ4v) is 3.22. The molecule has 1 fully saturated rings. The number of ether oxygens (including phenoxy) is 1. The molecule has 0 atom stereocenters. The number of ketones is 1. The van der Waals surface area contributed by atoms with E-state index >= 15 is 0 Å². The van der Waals surface area contributed by atoms with Gasteiger partial charge in [0.25, 0.3) is 0 Å². The number of aromatic hydroxyl groups is 1. The monoisotopic (exact) mass is 336 g/mol. The fourth-order valence-electron chi connectivity index (χ4n) is 3.22. The molecule has 25 heavy (non-hydrogen) atoms. The van der Waals surface area contributed by atoms with Crippen LogP contribution < -0.4 is 4.74 Å². The van der Waals surface area contributed by atoms with Crippen molar-refractivity contribution < 1.29 is 14.6 Å². The number of Topliss-reactive ketones (excluding diaryl/α,β-unsaturated/α-hetero) is 1. The summed E-state index contributed by atoms with van der Waals surface area (Å²) >= 11 is 0. The lowest BCUT2D eigenvalue weighted by Crippen LogP contribution is -2.43. The third kappa shape index (κ3) is 3.37. The van der Waals surface area contributed by atoms with E-state index in [9.17, 15) is 9.90 Å². The standard InChI is InChI=1S/C20H20N2O3/c23-16-6-7-17-18(12-16)25-19(20(17)24)14-22-10-8-21(9-11-22)13-15-4-2-1-3-5-15/h1-7,12,14,23H,8-11,13H2/b19-14-. The van der Waals surface area contributed by atoms with Gasteiger partial charge in [0, 0.05) is 45.0 Å². The zero-order chi connectivity index (χ0) is 17.2. The molecule has 2 aliphatic rings. The van der Waals surface area contributed by atoms with Crippen molar-refractivity contribution in [1.29, 1.82) is 0 Å². The van der Waals surface area contributed by atoms with Gasteiger partial charge in [-0.1, -0.05) is 30.3 Å². The van der Waals surface area contributed by atoms with E-state index in [4.69, 9.17) is 4.74 Å². The van der Waals surface area contributed by atoms with Crippen LogP contribution in [0.25, 0.3) is 0 Å². The Morgan fingerprint density at radius 2 is 1.80 bits per heavy atom. The number of phenols is 1. The summed E-state index contributed by atoms with van der Waals surface area (Å²) in [6.07, 6.45) is 1.80. The highest BCUT2D eigenvalue weighted by Crippen LogP contribution is 2.33. The average Bonchev–Trinajstić information content (AvgIpc) is 2.92. The molecule has 0 amide bonds. The number of hydrogen-bond acceptors (Lipinski definition) is 5. The van der Waals surface area contributed by atoms with Crippen molar-refractivity contribution >= 4 is 5.78 Å². The molecule has 2 heterocycles. The Balaban J connectivity index is 1.37. The highest BCUT2D eigenvalue weighted by molar-refractivity contribution is 6.12. The maximum absolute atomic E-state index is 12.4. The summed E-state index contributed by atoms with van der Waals surface area (Å²) in [6.45, 7) is 4.55. The van der Waals surface area contributed by atoms with Gasteiger partial charge in [-0.15, -0.1) is 0 Å². The normalized spacial score (nSPS) is 19.1. The first-order chi connectivity index (χ1) is 12.2. The van der Waals surface area contributed by atoms with E-state index in [-0.39, 0.29) is 11.5 Å². The average molecular weight is 336 g/mol. The molecule has 0 aliphatic carbocycles. The van der Waals surface area contributed by atoms with Crippen LogP contribution in [0.5, 0.6) is 11.5 Å². The maximum Gasteiger partial charge on any atom is 0.233 e. The predicted molar refractivity (Wildman–Crippen MR) is 94.4 cm³/mol. The van der Waals surface area contributed by atoms with Gasteiger partial charge in [0.1, 0.15) is 11.5 Å². The van der Waals surface area contributed by atoms with Crippen LogP contribution in [0.2, 0.25) is 0 Å². The van der Waals surface area contributed by atoms with Crippen molar-refractivity contribution in [2.45, 2.75) is 6.54 Å². The van der Waals surface area contributed by atoms with Crippen LogP contribution in [-0.2, 0) is 6.54 Å². The van der Waals surface area contributed by atoms with Crippen LogP contribution in [0.1, 0.15) is 15.9 Å². The number of carbonyl (C=O) groups excluding carboxylic acids is 1. The van der Waals surface area contributed by atoms with Crippen molar-refractivity contribution in [1.82, 2.24) is 9.80 Å². The molecule has 0 saturated carbocycles. The van der Waals surface area contributed by atoms with Gasteiger partial charge in [0.2, 0.25) is 5.78 Å². The molecule has 2 aromatic rings. The highest BCUT2D eigenvalue weighted by Gasteiger charge is 2.28. The number of benzene rings is 2. The zero-order valence-corrected chi connectivity index (χ0v) is 13.9. The molecule has 5 nitrogen and oxygen atoms in total. The van der Waals surface area contributed by atoms with Gasteiger partial charge in [0.15, 0.2) is 5.76 Å². The van der Waals surface area contributed by atoms with Gasteiger partial charge in [-0.05, 0) is 17.7 Å². The van der Waals surface area contributed by atoms with Crippen LogP contribution in [0.15, 0.2) is 60.5 Å². The summed E-state index contributed by atoms with van der Waals surface area (Å²) in [6, 6.07) is 15.0. The van der Waals surface area contributed by atoms with Crippen LogP contribution in [-0.4, -0.2) is 46.9 Å². The molecule has 128 valence electrons. The van der Waals surface area contributed by atoms with Crippen molar-refractivity contribution in [3.63, 3.8) is 0 Å². The van der Waals surface area contributed by atoms with E-state index in [1.165, 1.54) is 17.7 Å². The largest absolute Gasteiger partial charge is 0.508 e. The van der Waals surface area contributed by atoms with Gasteiger partial charge >= 0.3 is 0 Å². The SMILES string of the molecule is O=C1/C(=C/N2CCN(Cc3ccccc3)CC2)Oc2cc(O)ccc21. The fraction of sp³-hybridized carbons (Fsp3) is 0.250. The van der Waals surface area contributed by atoms with Crippen LogP contribution in [0.3, 0.4) is 0 Å². The maximum atomic E-state index is 12.4. The molecule has 0 radical (unpaired) electrons. The molecule has 5 heteroatoms. The van der Waals surface area contributed by atoms with Gasteiger partial charge in [0.05, 0.1) is 5.56 Å². The minimum Gasteiger partial charge on any atom is -0.508 e. The first-order valence-corrected chi connectivity index (χ1v) is 8.47. The van der Waals surface area contributed by atoms with E-state index < -0.39 is 0 Å². The van der Waals surface area contributed by atoms with Crippen molar-refractivity contribution in [2.24, 2.45) is 0 Å². The molecule has 2 aliphatic heterocycles. The summed E-state index contributed by atoms with van der Waals surface area (Å²) in [7, 11) is 0. The molecular formula is C20H20N2O3. The summed E-state index contributed by atoms with van der Waals surface area (Å²) in [4.78, 5) is 16.9. The van der Waals surface area contributed by atoms with E-state index in [1.807, 2.05) is 6.07 Å². The van der Waals surface area contributed by atoms with Gasteiger partial charge in [-0.2, -0.15) is 0 Å². The number of nitrogens with zero attached hydrogens (tertiary/aromatic N) is 2. The lowest BCUT2D eigenvalue weighted by molar-refractivity contribution is 0.100. The molecule has 4 rings (SSSR count). The number of phenolic OH excluding ortho intramolecular Hbond substituents is 1. The summed E-state index contributed by atoms with van der Waals surface area (Å²) < 4.78 is 5.62. The number of fused-ring (bicyclic) bond motifs is 1. The van der Waals surface area contributed by atoms with Gasteiger partial charge < -0.3 is 14.7 Å². The Hall–Kier alpha value is -2.79. The number of allylic oxidation sites excluding steroid dienone is 1. The molecule has 0 bridgehead atoms. The Morgan fingerprint density at radius 3 is 2.56 bits per heavy atom. The van der Waals surface area contributed by atoms with Crippen LogP contribution >= 0.6 is 0 Å². The topological polar surface area (TPSA) is 53.0 Å². The molecule has 2 aromatic carbocycles. The minimum atomic E-state index is -0.123. The second-order valence-corrected chi connectivity index (χ2v) is 6.40. The third-order valence-electron chi connectivity index (χ3n) is 4.61. The van der Waals surface area contributed by atoms with E-state index in [1.54, 1.807) is 12.3 Å². The third-order valence-corrected chi connectivity index (χ3v) is 4.61. The summed E-state index contributed by atoms with van der Waals surface area (Å²) in [5.74, 6) is 0.736. The number of carbonyl (C=O) groups is 1. The Morgan fingerprint density at radius 1 is 1.04 bits per heavy atom. The molecule has 0 unspecified atom stereocenters. The number of rotatable bonds is 3. The quantitative estimate of drug-likeness (QED) is 0.873. The summed E-state index contributed by atoms with van der Waals surface area (Å²) in [5.41, 5.74) is 1.82. The van der Waals surface area contributed by atoms with Crippen LogP contribution in [0, 0.1) is 0 Å². The zero-order valence-electron chi connectivity index (χ0n) is 13.9. The van der Waals surface area contributed by atoms with E-state index in [0.29, 0.717) is 17.1 Å². The number of piperazine rings is 1. The highest BCUT2D eigenvalue weighted by atomic mass is 16.5. The van der Waals surface area contributed by atoms with Crippen molar-refractivity contribution in [3.05, 3.63) is 71.6 Å². The first-order valence-electron chi connectivity index (χ1n) is 8.47. The molecular weight excluding hydrogens is 316 g/mol. The van der Waals surface area contributed by atoms with E-state index in [2.05, 4.69) is 34.1 Å². The van der Waals surface area contributed by atoms with E-state index in [0.717, 1.165) is 32.7 Å². The summed E-state index contributed by atoms with van der Waals surface area (Å²) in [5, 5.41) is 9.51. The lowest BCUT2D eigenvalue weighted by atomic mass is 10.1. The smallest absolute Gasteiger partial charge is 0.233 e. The lowest BCUT2D eigenvalue weighted by Gasteiger charge is -2.34. The minimum absolute atomic E-state index is 0.0994. The molecule has 1 N–H and O–H groups in total. The van der Waals surface area contributed by atoms with Crippen molar-refractivity contribution in [3.8, 4) is 11.5 Å². The Labute approximate surface area is 146 Å². The van der Waals surface area contributed by atoms with Gasteiger partial charge in [-0.25, -0.2) is 0 Å². The Kier molecular flexibility index (Phi) is 4.15. The van der Waals surface area contributed by atoms with Gasteiger partial charge in [-0.3, -0.25) is 9.69 Å². The molecule has 1 saturated heterocycles. The second-order valence-electron chi connectivity index (χ2n) is 6.40. The number of hydrogen-bond donors (Lipinski definition) is 1. The molecule has 0 spiro atoms. The first kappa shape index (κ1) is 15.7. The van der Waals surface area contributed by atoms with Crippen LogP contribution in [0.4, 0.5) is 0 Å².